The lowest BCUT2D eigenvalue weighted by atomic mass is 10.1. The number of pyridine rings is 1. The van der Waals surface area contributed by atoms with Crippen molar-refractivity contribution in [2.24, 2.45) is 0 Å². The van der Waals surface area contributed by atoms with Crippen molar-refractivity contribution in [2.45, 2.75) is 6.92 Å². The maximum atomic E-state index is 13.0. The Morgan fingerprint density at radius 2 is 1.81 bits per heavy atom. The van der Waals surface area contributed by atoms with Gasteiger partial charge in [0.2, 0.25) is 0 Å². The number of aromatic nitrogens is 1. The highest BCUT2D eigenvalue weighted by Crippen LogP contribution is 2.26. The Balaban J connectivity index is 1.52. The first-order valence-corrected chi connectivity index (χ1v) is 9.15. The molecule has 2 aromatic carbocycles. The molecule has 0 spiro atoms. The van der Waals surface area contributed by atoms with Crippen LogP contribution in [0.1, 0.15) is 15.9 Å². The van der Waals surface area contributed by atoms with Gasteiger partial charge < -0.3 is 9.80 Å². The molecule has 1 aliphatic rings. The molecule has 5 heteroatoms. The summed E-state index contributed by atoms with van der Waals surface area (Å²) in [5.74, 6) is 0.0526. The second-order valence-electron chi connectivity index (χ2n) is 6.59. The van der Waals surface area contributed by atoms with Gasteiger partial charge in [-0.25, -0.2) is 0 Å². The van der Waals surface area contributed by atoms with Gasteiger partial charge in [-0.2, -0.15) is 0 Å². The Kier molecular flexibility index (Phi) is 4.51. The van der Waals surface area contributed by atoms with Crippen molar-refractivity contribution in [1.29, 1.82) is 0 Å². The monoisotopic (exact) mass is 365 g/mol. The van der Waals surface area contributed by atoms with E-state index in [1.807, 2.05) is 53.4 Å². The SMILES string of the molecule is Cc1ccc(Cl)cc1N1CCN(C(=O)c2cccc3cccnc23)CC1. The van der Waals surface area contributed by atoms with Crippen molar-refractivity contribution in [1.82, 2.24) is 9.88 Å². The molecule has 0 N–H and O–H groups in total. The molecule has 26 heavy (non-hydrogen) atoms. The number of para-hydroxylation sites is 1. The predicted molar refractivity (Wildman–Crippen MR) is 106 cm³/mol. The number of benzene rings is 2. The molecule has 0 aliphatic carbocycles. The molecule has 0 unspecified atom stereocenters. The number of nitrogens with zero attached hydrogens (tertiary/aromatic N) is 3. The molecule has 1 fully saturated rings. The van der Waals surface area contributed by atoms with Crippen molar-refractivity contribution < 1.29 is 4.79 Å². The molecular weight excluding hydrogens is 346 g/mol. The zero-order chi connectivity index (χ0) is 18.1. The number of anilines is 1. The first-order chi connectivity index (χ1) is 12.6. The van der Waals surface area contributed by atoms with Crippen molar-refractivity contribution >= 4 is 34.1 Å². The van der Waals surface area contributed by atoms with E-state index < -0.39 is 0 Å². The summed E-state index contributed by atoms with van der Waals surface area (Å²) in [6, 6.07) is 15.6. The van der Waals surface area contributed by atoms with Crippen LogP contribution in [-0.4, -0.2) is 42.0 Å². The van der Waals surface area contributed by atoms with Crippen LogP contribution >= 0.6 is 11.6 Å². The minimum Gasteiger partial charge on any atom is -0.368 e. The zero-order valence-corrected chi connectivity index (χ0v) is 15.4. The highest BCUT2D eigenvalue weighted by Gasteiger charge is 2.24. The van der Waals surface area contributed by atoms with E-state index in [0.717, 1.165) is 34.7 Å². The summed E-state index contributed by atoms with van der Waals surface area (Å²) < 4.78 is 0. The summed E-state index contributed by atoms with van der Waals surface area (Å²) in [6.45, 7) is 5.06. The molecule has 1 aliphatic heterocycles. The van der Waals surface area contributed by atoms with Crippen molar-refractivity contribution in [3.05, 3.63) is 70.9 Å². The smallest absolute Gasteiger partial charge is 0.256 e. The normalized spacial score (nSPS) is 14.7. The fourth-order valence-corrected chi connectivity index (χ4v) is 3.69. The van der Waals surface area contributed by atoms with Crippen LogP contribution < -0.4 is 4.90 Å². The van der Waals surface area contributed by atoms with Crippen molar-refractivity contribution in [3.63, 3.8) is 0 Å². The third-order valence-corrected chi connectivity index (χ3v) is 5.18. The Labute approximate surface area is 158 Å². The van der Waals surface area contributed by atoms with Crippen LogP contribution in [0.5, 0.6) is 0 Å². The molecule has 2 heterocycles. The minimum atomic E-state index is 0.0526. The molecule has 1 aromatic heterocycles. The van der Waals surface area contributed by atoms with Gasteiger partial charge in [-0.05, 0) is 36.8 Å². The molecule has 0 atom stereocenters. The number of halogens is 1. The molecule has 1 amide bonds. The molecule has 1 saturated heterocycles. The van der Waals surface area contributed by atoms with Crippen molar-refractivity contribution in [2.75, 3.05) is 31.1 Å². The first kappa shape index (κ1) is 16.9. The largest absolute Gasteiger partial charge is 0.368 e. The van der Waals surface area contributed by atoms with E-state index >= 15 is 0 Å². The van der Waals surface area contributed by atoms with Crippen LogP contribution in [0.4, 0.5) is 5.69 Å². The molecule has 0 radical (unpaired) electrons. The lowest BCUT2D eigenvalue weighted by Gasteiger charge is -2.37. The van der Waals surface area contributed by atoms with Gasteiger partial charge in [-0.1, -0.05) is 35.9 Å². The van der Waals surface area contributed by atoms with E-state index in [-0.39, 0.29) is 5.91 Å². The zero-order valence-electron chi connectivity index (χ0n) is 14.7. The third kappa shape index (κ3) is 3.13. The molecular formula is C21H20ClN3O. The quantitative estimate of drug-likeness (QED) is 0.684. The third-order valence-electron chi connectivity index (χ3n) is 4.94. The number of carbonyl (C=O) groups excluding carboxylic acids is 1. The van der Waals surface area contributed by atoms with Gasteiger partial charge in [0.1, 0.15) is 0 Å². The standard InChI is InChI=1S/C21H20ClN3O/c1-15-7-8-17(22)14-19(15)24-10-12-25(13-11-24)21(26)18-6-2-4-16-5-3-9-23-20(16)18/h2-9,14H,10-13H2,1H3. The van der Waals surface area contributed by atoms with Crippen LogP contribution in [0.2, 0.25) is 5.02 Å². The molecule has 132 valence electrons. The number of amides is 1. The Morgan fingerprint density at radius 3 is 2.62 bits per heavy atom. The van der Waals surface area contributed by atoms with E-state index in [2.05, 4.69) is 16.8 Å². The van der Waals surface area contributed by atoms with E-state index in [9.17, 15) is 4.79 Å². The Morgan fingerprint density at radius 1 is 1.04 bits per heavy atom. The number of fused-ring (bicyclic) bond motifs is 1. The molecule has 0 bridgehead atoms. The second kappa shape index (κ2) is 6.96. The van der Waals surface area contributed by atoms with Crippen molar-refractivity contribution in [3.8, 4) is 0 Å². The summed E-state index contributed by atoms with van der Waals surface area (Å²) in [5, 5.41) is 1.73. The van der Waals surface area contributed by atoms with E-state index in [1.165, 1.54) is 5.56 Å². The average Bonchev–Trinajstić information content (AvgIpc) is 2.69. The highest BCUT2D eigenvalue weighted by molar-refractivity contribution is 6.30. The number of hydrogen-bond acceptors (Lipinski definition) is 3. The second-order valence-corrected chi connectivity index (χ2v) is 7.03. The van der Waals surface area contributed by atoms with Gasteiger partial charge in [-0.15, -0.1) is 0 Å². The van der Waals surface area contributed by atoms with Crippen LogP contribution in [0.3, 0.4) is 0 Å². The molecule has 4 rings (SSSR count). The van der Waals surface area contributed by atoms with Gasteiger partial charge in [0.05, 0.1) is 11.1 Å². The summed E-state index contributed by atoms with van der Waals surface area (Å²) in [4.78, 5) is 21.6. The van der Waals surface area contributed by atoms with Crippen LogP contribution in [0, 0.1) is 6.92 Å². The predicted octanol–water partition coefficient (Wildman–Crippen LogP) is 4.16. The van der Waals surface area contributed by atoms with Crippen LogP contribution in [0.25, 0.3) is 10.9 Å². The number of carbonyl (C=O) groups is 1. The maximum Gasteiger partial charge on any atom is 0.256 e. The fraction of sp³-hybridized carbons (Fsp3) is 0.238. The lowest BCUT2D eigenvalue weighted by Crippen LogP contribution is -2.49. The van der Waals surface area contributed by atoms with Gasteiger partial charge in [0, 0.05) is 48.5 Å². The maximum absolute atomic E-state index is 13.0. The number of piperazine rings is 1. The summed E-state index contributed by atoms with van der Waals surface area (Å²) >= 11 is 6.15. The summed E-state index contributed by atoms with van der Waals surface area (Å²) in [5.41, 5.74) is 3.80. The molecule has 0 saturated carbocycles. The van der Waals surface area contributed by atoms with E-state index in [1.54, 1.807) is 6.20 Å². The molecule has 4 nitrogen and oxygen atoms in total. The minimum absolute atomic E-state index is 0.0526. The van der Waals surface area contributed by atoms with Crippen LogP contribution in [0.15, 0.2) is 54.7 Å². The number of hydrogen-bond donors (Lipinski definition) is 0. The van der Waals surface area contributed by atoms with Gasteiger partial charge in [0.25, 0.3) is 5.91 Å². The first-order valence-electron chi connectivity index (χ1n) is 8.77. The highest BCUT2D eigenvalue weighted by atomic mass is 35.5. The van der Waals surface area contributed by atoms with Crippen LogP contribution in [-0.2, 0) is 0 Å². The van der Waals surface area contributed by atoms with Gasteiger partial charge in [0.15, 0.2) is 0 Å². The fourth-order valence-electron chi connectivity index (χ4n) is 3.52. The van der Waals surface area contributed by atoms with Gasteiger partial charge in [-0.3, -0.25) is 9.78 Å². The van der Waals surface area contributed by atoms with E-state index in [0.29, 0.717) is 18.7 Å². The summed E-state index contributed by atoms with van der Waals surface area (Å²) in [7, 11) is 0. The number of rotatable bonds is 2. The summed E-state index contributed by atoms with van der Waals surface area (Å²) in [6.07, 6.45) is 1.74. The van der Waals surface area contributed by atoms with Gasteiger partial charge >= 0.3 is 0 Å². The Bertz CT molecular complexity index is 959. The lowest BCUT2D eigenvalue weighted by molar-refractivity contribution is 0.0748. The average molecular weight is 366 g/mol. The van der Waals surface area contributed by atoms with E-state index in [4.69, 9.17) is 11.6 Å². The molecule has 3 aromatic rings. The number of aryl methyl sites for hydroxylation is 1. The Hall–Kier alpha value is -2.59. The topological polar surface area (TPSA) is 36.4 Å².